The number of anilines is 1. The molecular weight excluding hydrogens is 477 g/mol. The monoisotopic (exact) mass is 505 g/mol. The van der Waals surface area contributed by atoms with Crippen molar-refractivity contribution in [1.29, 1.82) is 0 Å². The summed E-state index contributed by atoms with van der Waals surface area (Å²) in [5.74, 6) is -1.88. The Hall–Kier alpha value is -2.81. The first-order chi connectivity index (χ1) is 16.5. The van der Waals surface area contributed by atoms with Crippen LogP contribution in [0.4, 0.5) is 14.9 Å². The van der Waals surface area contributed by atoms with Gasteiger partial charge in [-0.25, -0.2) is 14.0 Å². The van der Waals surface area contributed by atoms with Crippen molar-refractivity contribution in [3.63, 3.8) is 0 Å². The number of benzene rings is 1. The highest BCUT2D eigenvalue weighted by Gasteiger charge is 2.44. The van der Waals surface area contributed by atoms with Gasteiger partial charge in [-0.15, -0.1) is 0 Å². The third-order valence-electron chi connectivity index (χ3n) is 7.08. The van der Waals surface area contributed by atoms with E-state index in [4.69, 9.17) is 16.3 Å². The van der Waals surface area contributed by atoms with Gasteiger partial charge in [-0.1, -0.05) is 11.6 Å². The Kier molecular flexibility index (Phi) is 5.74. The number of carbonyl (C=O) groups excluding carboxylic acids is 1. The first kappa shape index (κ1) is 23.9. The molecule has 3 heterocycles. The van der Waals surface area contributed by atoms with Crippen molar-refractivity contribution in [3.05, 3.63) is 38.9 Å². The molecule has 2 aromatic rings. The molecule has 2 atom stereocenters. The lowest BCUT2D eigenvalue weighted by Crippen LogP contribution is -2.50. The van der Waals surface area contributed by atoms with Crippen molar-refractivity contribution in [1.82, 2.24) is 9.47 Å². The summed E-state index contributed by atoms with van der Waals surface area (Å²) in [6.45, 7) is 6.98. The van der Waals surface area contributed by atoms with Crippen molar-refractivity contribution < 1.29 is 23.8 Å². The van der Waals surface area contributed by atoms with Gasteiger partial charge >= 0.3 is 12.1 Å². The number of ether oxygens (including phenoxy) is 1. The number of nitrogens with zero attached hydrogens (tertiary/aromatic N) is 3. The van der Waals surface area contributed by atoms with Crippen molar-refractivity contribution in [2.24, 2.45) is 5.92 Å². The average molecular weight is 506 g/mol. The van der Waals surface area contributed by atoms with Gasteiger partial charge in [-0.3, -0.25) is 4.79 Å². The predicted molar refractivity (Wildman–Crippen MR) is 130 cm³/mol. The molecule has 1 aromatic carbocycles. The second-order valence-electron chi connectivity index (χ2n) is 10.8. The van der Waals surface area contributed by atoms with E-state index < -0.39 is 28.4 Å². The van der Waals surface area contributed by atoms with E-state index in [-0.39, 0.29) is 40.2 Å². The van der Waals surface area contributed by atoms with Gasteiger partial charge in [0.25, 0.3) is 0 Å². The van der Waals surface area contributed by atoms with Crippen LogP contribution in [0, 0.1) is 11.7 Å². The average Bonchev–Trinajstić information content (AvgIpc) is 3.51. The fourth-order valence-electron chi connectivity index (χ4n) is 5.42. The van der Waals surface area contributed by atoms with E-state index >= 15 is 4.39 Å². The molecule has 2 saturated heterocycles. The molecule has 0 spiro atoms. The van der Waals surface area contributed by atoms with E-state index in [9.17, 15) is 19.5 Å². The van der Waals surface area contributed by atoms with Crippen LogP contribution in [0.3, 0.4) is 0 Å². The minimum atomic E-state index is -1.35. The van der Waals surface area contributed by atoms with Gasteiger partial charge in [-0.2, -0.15) is 0 Å². The maximum Gasteiger partial charge on any atom is 0.410 e. The fourth-order valence-corrected chi connectivity index (χ4v) is 5.83. The highest BCUT2D eigenvalue weighted by molar-refractivity contribution is 6.38. The van der Waals surface area contributed by atoms with Crippen LogP contribution >= 0.6 is 11.6 Å². The lowest BCUT2D eigenvalue weighted by atomic mass is 9.92. The van der Waals surface area contributed by atoms with E-state index in [0.717, 1.165) is 31.7 Å². The molecule has 0 bridgehead atoms. The normalized spacial score (nSPS) is 22.4. The number of carboxylic acid groups (broad SMARTS) is 1. The van der Waals surface area contributed by atoms with E-state index in [1.54, 1.807) is 9.47 Å². The summed E-state index contributed by atoms with van der Waals surface area (Å²) in [6, 6.07) is 0.998. The molecule has 3 aliphatic rings. The van der Waals surface area contributed by atoms with Crippen LogP contribution in [0.2, 0.25) is 5.02 Å². The van der Waals surface area contributed by atoms with Crippen molar-refractivity contribution in [2.75, 3.05) is 24.5 Å². The summed E-state index contributed by atoms with van der Waals surface area (Å²) in [5.41, 5.74) is -1.21. The van der Waals surface area contributed by atoms with Crippen molar-refractivity contribution in [2.45, 2.75) is 64.1 Å². The number of aromatic nitrogens is 1. The zero-order valence-electron chi connectivity index (χ0n) is 20.0. The summed E-state index contributed by atoms with van der Waals surface area (Å²) in [7, 11) is 0. The van der Waals surface area contributed by atoms with E-state index in [2.05, 4.69) is 0 Å². The largest absolute Gasteiger partial charge is 0.477 e. The second-order valence-corrected chi connectivity index (χ2v) is 11.2. The number of aromatic carboxylic acids is 1. The van der Waals surface area contributed by atoms with Gasteiger partial charge in [0, 0.05) is 31.9 Å². The first-order valence-electron chi connectivity index (χ1n) is 12.0. The number of fused-ring (bicyclic) bond motifs is 2. The molecule has 188 valence electrons. The number of pyridine rings is 1. The Morgan fingerprint density at radius 2 is 1.91 bits per heavy atom. The van der Waals surface area contributed by atoms with Crippen LogP contribution < -0.4 is 10.3 Å². The molecule has 1 saturated carbocycles. The number of halogens is 2. The fraction of sp³-hybridized carbons (Fsp3) is 0.560. The number of likely N-dealkylation sites (tertiary alicyclic amines) is 1. The van der Waals surface area contributed by atoms with E-state index in [1.165, 1.54) is 6.20 Å². The molecule has 3 fully saturated rings. The van der Waals surface area contributed by atoms with Crippen LogP contribution in [0.25, 0.3) is 10.9 Å². The van der Waals surface area contributed by atoms with Gasteiger partial charge in [0.05, 0.1) is 27.7 Å². The summed E-state index contributed by atoms with van der Waals surface area (Å²) in [5, 5.41) is 9.55. The Morgan fingerprint density at radius 1 is 1.20 bits per heavy atom. The molecule has 0 radical (unpaired) electrons. The summed E-state index contributed by atoms with van der Waals surface area (Å²) in [4.78, 5) is 40.9. The third-order valence-corrected chi connectivity index (χ3v) is 7.44. The minimum absolute atomic E-state index is 0.0239. The van der Waals surface area contributed by atoms with Crippen LogP contribution in [-0.2, 0) is 4.74 Å². The van der Waals surface area contributed by atoms with Crippen LogP contribution in [0.15, 0.2) is 17.1 Å². The maximum atomic E-state index is 15.5. The first-order valence-corrected chi connectivity index (χ1v) is 12.4. The highest BCUT2D eigenvalue weighted by atomic mass is 35.5. The smallest absolute Gasteiger partial charge is 0.410 e. The lowest BCUT2D eigenvalue weighted by Gasteiger charge is -2.37. The van der Waals surface area contributed by atoms with Crippen LogP contribution in [0.1, 0.15) is 62.9 Å². The molecule has 1 aliphatic carbocycles. The Morgan fingerprint density at radius 3 is 2.54 bits per heavy atom. The molecule has 1 amide bonds. The molecule has 1 N–H and O–H groups in total. The van der Waals surface area contributed by atoms with Gasteiger partial charge in [0.2, 0.25) is 5.43 Å². The molecule has 0 unspecified atom stereocenters. The molecule has 8 nitrogen and oxygen atoms in total. The Balaban J connectivity index is 1.55. The third kappa shape index (κ3) is 4.24. The molecule has 35 heavy (non-hydrogen) atoms. The maximum absolute atomic E-state index is 15.5. The van der Waals surface area contributed by atoms with Gasteiger partial charge in [0.1, 0.15) is 17.0 Å². The number of hydrogen-bond acceptors (Lipinski definition) is 5. The van der Waals surface area contributed by atoms with Crippen LogP contribution in [-0.4, -0.2) is 57.9 Å². The lowest BCUT2D eigenvalue weighted by molar-refractivity contribution is 0.00668. The Bertz CT molecular complexity index is 1280. The van der Waals surface area contributed by atoms with Gasteiger partial charge < -0.3 is 24.2 Å². The standard InChI is InChI=1S/C25H29ClFN3O5/c1-25(2,3)35-24(34)29-8-4-5-13-10-28(12-18(13)29)21-17(27)9-15-20(19(21)26)30(14-6-7-14)11-16(22(15)31)23(32)33/h9,11,13-14,18H,4-8,10,12H2,1-3H3,(H,32,33)/t13-,18+/m0/s1. The number of carboxylic acids is 1. The molecular formula is C25H29ClFN3O5. The Labute approximate surface area is 207 Å². The van der Waals surface area contributed by atoms with Crippen molar-refractivity contribution in [3.8, 4) is 0 Å². The highest BCUT2D eigenvalue weighted by Crippen LogP contribution is 2.44. The number of piperidine rings is 1. The second kappa shape index (κ2) is 8.40. The SMILES string of the molecule is CC(C)(C)OC(=O)N1CCC[C@H]2CN(c3c(F)cc4c(=O)c(C(=O)O)cn(C5CC5)c4c3Cl)C[C@H]21. The summed E-state index contributed by atoms with van der Waals surface area (Å²) in [6.07, 6.45) is 4.36. The molecule has 2 aliphatic heterocycles. The summed E-state index contributed by atoms with van der Waals surface area (Å²) >= 11 is 6.80. The molecule has 5 rings (SSSR count). The van der Waals surface area contributed by atoms with Crippen LogP contribution in [0.5, 0.6) is 0 Å². The molecule has 10 heteroatoms. The number of rotatable bonds is 3. The number of carbonyl (C=O) groups is 2. The van der Waals surface area contributed by atoms with E-state index in [0.29, 0.717) is 25.2 Å². The number of hydrogen-bond donors (Lipinski definition) is 1. The predicted octanol–water partition coefficient (Wildman–Crippen LogP) is 4.66. The minimum Gasteiger partial charge on any atom is -0.477 e. The topological polar surface area (TPSA) is 92.1 Å². The van der Waals surface area contributed by atoms with Crippen molar-refractivity contribution >= 4 is 40.3 Å². The number of amides is 1. The zero-order chi connectivity index (χ0) is 25.2. The van der Waals surface area contributed by atoms with Gasteiger partial charge in [0.15, 0.2) is 0 Å². The summed E-state index contributed by atoms with van der Waals surface area (Å²) < 4.78 is 22.8. The van der Waals surface area contributed by atoms with E-state index in [1.807, 2.05) is 25.7 Å². The van der Waals surface area contributed by atoms with Gasteiger partial charge in [-0.05, 0) is 58.4 Å². The quantitative estimate of drug-likeness (QED) is 0.652. The zero-order valence-corrected chi connectivity index (χ0v) is 20.8. The molecule has 1 aromatic heterocycles.